The number of allylic oxidation sites excluding steroid dienone is 2. The first-order valence-corrected chi connectivity index (χ1v) is 11.6. The van der Waals surface area contributed by atoms with Crippen LogP contribution in [0.4, 0.5) is 0 Å². The number of hydrogen-bond donors (Lipinski definition) is 1. The van der Waals surface area contributed by atoms with E-state index in [2.05, 4.69) is 16.9 Å². The average molecular weight is 409 g/mol. The lowest BCUT2D eigenvalue weighted by Gasteiger charge is -2.63. The van der Waals surface area contributed by atoms with Crippen LogP contribution in [0.15, 0.2) is 23.3 Å². The Kier molecular flexibility index (Phi) is 5.28. The molecule has 0 radical (unpaired) electrons. The van der Waals surface area contributed by atoms with Crippen molar-refractivity contribution < 1.29 is 14.6 Å². The SMILES string of the molecule is C#CC1=C(/C=C\CC#N)C[C@@H]2[C@@H]3CCC4(OCCO4)[C@H](O)[C@]13CCN2CC1CCC1. The summed E-state index contributed by atoms with van der Waals surface area (Å²) < 4.78 is 12.1. The van der Waals surface area contributed by atoms with E-state index >= 15 is 0 Å². The molecule has 4 atom stereocenters. The minimum atomic E-state index is -0.919. The van der Waals surface area contributed by atoms with Crippen LogP contribution in [0.25, 0.3) is 0 Å². The zero-order chi connectivity index (χ0) is 20.8. The molecule has 2 saturated carbocycles. The van der Waals surface area contributed by atoms with Gasteiger partial charge in [-0.15, -0.1) is 6.42 Å². The second-order valence-electron chi connectivity index (χ2n) is 9.72. The second-order valence-corrected chi connectivity index (χ2v) is 9.72. The zero-order valence-corrected chi connectivity index (χ0v) is 17.7. The maximum atomic E-state index is 11.8. The highest BCUT2D eigenvalue weighted by molar-refractivity contribution is 5.48. The van der Waals surface area contributed by atoms with Crippen LogP contribution >= 0.6 is 0 Å². The van der Waals surface area contributed by atoms with E-state index < -0.39 is 17.3 Å². The molecule has 2 heterocycles. The smallest absolute Gasteiger partial charge is 0.195 e. The van der Waals surface area contributed by atoms with Gasteiger partial charge >= 0.3 is 0 Å². The minimum Gasteiger partial charge on any atom is -0.387 e. The van der Waals surface area contributed by atoms with E-state index in [0.29, 0.717) is 31.6 Å². The van der Waals surface area contributed by atoms with Crippen LogP contribution in [0.2, 0.25) is 0 Å². The molecule has 2 aliphatic heterocycles. The fraction of sp³-hybridized carbons (Fsp3) is 0.720. The van der Waals surface area contributed by atoms with E-state index in [1.54, 1.807) is 0 Å². The first-order valence-electron chi connectivity index (χ1n) is 11.6. The lowest BCUT2D eigenvalue weighted by molar-refractivity contribution is -0.288. The number of hydrogen-bond acceptors (Lipinski definition) is 5. The molecular formula is C25H32N2O3. The molecule has 0 aromatic rings. The topological polar surface area (TPSA) is 65.7 Å². The Morgan fingerprint density at radius 1 is 1.23 bits per heavy atom. The maximum absolute atomic E-state index is 11.8. The van der Waals surface area contributed by atoms with E-state index in [4.69, 9.17) is 21.2 Å². The van der Waals surface area contributed by atoms with E-state index in [0.717, 1.165) is 55.8 Å². The number of aliphatic hydroxyl groups is 1. The number of aliphatic hydroxyl groups excluding tert-OH is 1. The van der Waals surface area contributed by atoms with E-state index in [9.17, 15) is 5.11 Å². The van der Waals surface area contributed by atoms with E-state index in [-0.39, 0.29) is 0 Å². The lowest BCUT2D eigenvalue weighted by Crippen LogP contribution is -2.69. The molecule has 1 spiro atoms. The van der Waals surface area contributed by atoms with E-state index in [1.165, 1.54) is 19.3 Å². The Balaban J connectivity index is 1.56. The van der Waals surface area contributed by atoms with Gasteiger partial charge in [0.15, 0.2) is 5.79 Å². The monoisotopic (exact) mass is 408 g/mol. The standard InChI is InChI=1S/C25H32N2O3/c1-2-20-19(8-3-4-12-26)16-22-21-9-10-25(29-14-15-30-25)23(28)24(20,21)11-13-27(22)17-18-6-5-7-18/h1,3,8,18,21-23,28H,4-7,9-11,13-17H2/b8-3-/t21-,22+,23+,24+/m0/s1. The first-order chi connectivity index (χ1) is 14.6. The molecule has 0 aromatic heterocycles. The van der Waals surface area contributed by atoms with Crippen LogP contribution in [-0.2, 0) is 9.47 Å². The molecule has 2 bridgehead atoms. The average Bonchev–Trinajstić information content (AvgIpc) is 3.19. The van der Waals surface area contributed by atoms with Gasteiger partial charge in [-0.25, -0.2) is 0 Å². The van der Waals surface area contributed by atoms with Crippen molar-refractivity contribution in [3.8, 4) is 18.4 Å². The summed E-state index contributed by atoms with van der Waals surface area (Å²) in [6, 6.07) is 2.56. The number of nitrogens with zero attached hydrogens (tertiary/aromatic N) is 2. The highest BCUT2D eigenvalue weighted by Crippen LogP contribution is 2.62. The Morgan fingerprint density at radius 2 is 2.03 bits per heavy atom. The van der Waals surface area contributed by atoms with Crippen LogP contribution < -0.4 is 0 Å². The zero-order valence-electron chi connectivity index (χ0n) is 17.7. The van der Waals surface area contributed by atoms with Crippen molar-refractivity contribution >= 4 is 0 Å². The van der Waals surface area contributed by atoms with Crippen molar-refractivity contribution in [2.75, 3.05) is 26.3 Å². The second kappa shape index (κ2) is 7.81. The summed E-state index contributed by atoms with van der Waals surface area (Å²) in [4.78, 5) is 2.68. The summed E-state index contributed by atoms with van der Waals surface area (Å²) in [5, 5.41) is 20.8. The number of likely N-dealkylation sites (tertiary alicyclic amines) is 1. The van der Waals surface area contributed by atoms with Crippen molar-refractivity contribution in [3.63, 3.8) is 0 Å². The van der Waals surface area contributed by atoms with Crippen molar-refractivity contribution in [3.05, 3.63) is 23.3 Å². The molecule has 5 heteroatoms. The Bertz CT molecular complexity index is 824. The number of nitriles is 1. The third kappa shape index (κ3) is 2.91. The molecule has 5 aliphatic rings. The molecule has 160 valence electrons. The van der Waals surface area contributed by atoms with Gasteiger partial charge < -0.3 is 14.6 Å². The number of piperidine rings is 1. The fourth-order valence-electron chi connectivity index (χ4n) is 6.94. The molecule has 4 fully saturated rings. The van der Waals surface area contributed by atoms with Crippen LogP contribution in [0.3, 0.4) is 0 Å². The summed E-state index contributed by atoms with van der Waals surface area (Å²) in [5.74, 6) is 3.21. The molecule has 3 aliphatic carbocycles. The highest BCUT2D eigenvalue weighted by atomic mass is 16.7. The van der Waals surface area contributed by atoms with E-state index in [1.807, 2.05) is 12.2 Å². The maximum Gasteiger partial charge on any atom is 0.195 e. The summed E-state index contributed by atoms with van der Waals surface area (Å²) in [5.41, 5.74) is 1.54. The first kappa shape index (κ1) is 20.3. The third-order valence-corrected chi connectivity index (χ3v) is 8.50. The van der Waals surface area contributed by atoms with Gasteiger partial charge in [0.2, 0.25) is 0 Å². The lowest BCUT2D eigenvalue weighted by atomic mass is 9.49. The van der Waals surface area contributed by atoms with Gasteiger partial charge in [-0.3, -0.25) is 4.90 Å². The minimum absolute atomic E-state index is 0.318. The van der Waals surface area contributed by atoms with Crippen LogP contribution in [0.5, 0.6) is 0 Å². The fourth-order valence-corrected chi connectivity index (χ4v) is 6.94. The van der Waals surface area contributed by atoms with Gasteiger partial charge in [0.05, 0.1) is 25.7 Å². The molecule has 1 N–H and O–H groups in total. The molecule has 5 nitrogen and oxygen atoms in total. The predicted molar refractivity (Wildman–Crippen MR) is 113 cm³/mol. The van der Waals surface area contributed by atoms with Crippen LogP contribution in [-0.4, -0.2) is 54.2 Å². The molecule has 0 aromatic carbocycles. The largest absolute Gasteiger partial charge is 0.387 e. The van der Waals surface area contributed by atoms with Crippen LogP contribution in [0.1, 0.15) is 51.4 Å². The van der Waals surface area contributed by atoms with Gasteiger partial charge in [-0.2, -0.15) is 5.26 Å². The quantitative estimate of drug-likeness (QED) is 0.724. The van der Waals surface area contributed by atoms with Crippen molar-refractivity contribution in [1.82, 2.24) is 4.90 Å². The molecule has 0 amide bonds. The Morgan fingerprint density at radius 3 is 2.70 bits per heavy atom. The Hall–Kier alpha value is -1.63. The Labute approximate surface area is 179 Å². The van der Waals surface area contributed by atoms with Crippen molar-refractivity contribution in [2.45, 2.75) is 69.3 Å². The number of rotatable bonds is 4. The van der Waals surface area contributed by atoms with Crippen LogP contribution in [0, 0.1) is 40.9 Å². The summed E-state index contributed by atoms with van der Waals surface area (Å²) >= 11 is 0. The van der Waals surface area contributed by atoms with Gasteiger partial charge in [-0.05, 0) is 56.1 Å². The third-order valence-electron chi connectivity index (χ3n) is 8.50. The summed E-state index contributed by atoms with van der Waals surface area (Å²) in [6.07, 6.45) is 17.1. The molecule has 0 unspecified atom stereocenters. The molecule has 5 rings (SSSR count). The summed E-state index contributed by atoms with van der Waals surface area (Å²) in [6.45, 7) is 3.18. The van der Waals surface area contributed by atoms with Crippen molar-refractivity contribution in [1.29, 1.82) is 5.26 Å². The summed E-state index contributed by atoms with van der Waals surface area (Å²) in [7, 11) is 0. The number of ether oxygens (including phenoxy) is 2. The van der Waals surface area contributed by atoms with Gasteiger partial charge in [0, 0.05) is 30.0 Å². The highest BCUT2D eigenvalue weighted by Gasteiger charge is 2.66. The normalized spacial score (nSPS) is 38.3. The molecular weight excluding hydrogens is 376 g/mol. The molecule has 30 heavy (non-hydrogen) atoms. The van der Waals surface area contributed by atoms with Gasteiger partial charge in [-0.1, -0.05) is 24.5 Å². The molecule has 2 saturated heterocycles. The van der Waals surface area contributed by atoms with Crippen molar-refractivity contribution in [2.24, 2.45) is 17.3 Å². The van der Waals surface area contributed by atoms with Gasteiger partial charge in [0.25, 0.3) is 0 Å². The number of terminal acetylenes is 1. The van der Waals surface area contributed by atoms with Gasteiger partial charge in [0.1, 0.15) is 6.10 Å². The predicted octanol–water partition coefficient (Wildman–Crippen LogP) is 3.16.